The van der Waals surface area contributed by atoms with Gasteiger partial charge in [-0.15, -0.1) is 0 Å². The van der Waals surface area contributed by atoms with Crippen LogP contribution in [0.1, 0.15) is 41.3 Å². The van der Waals surface area contributed by atoms with E-state index < -0.39 is 21.9 Å². The molecule has 0 atom stereocenters. The molecule has 0 unspecified atom stereocenters. The molecule has 0 spiro atoms. The number of fused-ring (bicyclic) bond motifs is 1. The number of hydrogen-bond donors (Lipinski definition) is 0. The molecular formula is C24H29N3O5S2. The summed E-state index contributed by atoms with van der Waals surface area (Å²) in [6.07, 6.45) is 1.66. The highest BCUT2D eigenvalue weighted by Crippen LogP contribution is 2.24. The van der Waals surface area contributed by atoms with Crippen LogP contribution in [0.4, 0.5) is 0 Å². The monoisotopic (exact) mass is 503 g/mol. The van der Waals surface area contributed by atoms with Gasteiger partial charge in [0.15, 0.2) is 4.80 Å². The number of ether oxygens (including phenoxy) is 1. The first-order chi connectivity index (χ1) is 16.1. The lowest BCUT2D eigenvalue weighted by Crippen LogP contribution is -2.27. The van der Waals surface area contributed by atoms with Crippen LogP contribution >= 0.6 is 11.3 Å². The number of aryl methyl sites for hydroxylation is 2. The quantitative estimate of drug-likeness (QED) is 0.437. The van der Waals surface area contributed by atoms with Crippen LogP contribution in [0.5, 0.6) is 0 Å². The van der Waals surface area contributed by atoms with Gasteiger partial charge in [-0.1, -0.05) is 30.7 Å². The summed E-state index contributed by atoms with van der Waals surface area (Å²) >= 11 is 1.32. The number of nitrogens with zero attached hydrogens (tertiary/aromatic N) is 3. The third-order valence-electron chi connectivity index (χ3n) is 5.46. The highest BCUT2D eigenvalue weighted by molar-refractivity contribution is 7.89. The molecule has 0 fully saturated rings. The van der Waals surface area contributed by atoms with Gasteiger partial charge >= 0.3 is 5.97 Å². The third-order valence-corrected chi connectivity index (χ3v) is 8.56. The summed E-state index contributed by atoms with van der Waals surface area (Å²) in [6, 6.07) is 9.73. The van der Waals surface area contributed by atoms with Crippen molar-refractivity contribution in [1.82, 2.24) is 8.87 Å². The zero-order valence-corrected chi connectivity index (χ0v) is 21.6. The van der Waals surface area contributed by atoms with Crippen LogP contribution in [0.2, 0.25) is 0 Å². The van der Waals surface area contributed by atoms with Gasteiger partial charge in [-0.3, -0.25) is 9.59 Å². The van der Waals surface area contributed by atoms with Gasteiger partial charge in [0.25, 0.3) is 5.91 Å². The average molecular weight is 504 g/mol. The Hall–Kier alpha value is -2.82. The van der Waals surface area contributed by atoms with Crippen LogP contribution in [0.25, 0.3) is 10.2 Å². The first-order valence-electron chi connectivity index (χ1n) is 10.9. The summed E-state index contributed by atoms with van der Waals surface area (Å²) in [5.41, 5.74) is 3.11. The van der Waals surface area contributed by atoms with Crippen LogP contribution in [0.3, 0.4) is 0 Å². The fourth-order valence-electron chi connectivity index (χ4n) is 3.55. The summed E-state index contributed by atoms with van der Waals surface area (Å²) in [6.45, 7) is 6.28. The lowest BCUT2D eigenvalue weighted by Gasteiger charge is -2.16. The Balaban J connectivity index is 2.00. The predicted molar refractivity (Wildman–Crippen MR) is 132 cm³/mol. The average Bonchev–Trinajstić information content (AvgIpc) is 3.14. The van der Waals surface area contributed by atoms with Gasteiger partial charge in [-0.25, -0.2) is 12.7 Å². The van der Waals surface area contributed by atoms with Crippen molar-refractivity contribution in [3.63, 3.8) is 0 Å². The molecule has 0 N–H and O–H groups in total. The Bertz CT molecular complexity index is 1390. The highest BCUT2D eigenvalue weighted by atomic mass is 32.2. The predicted octanol–water partition coefficient (Wildman–Crippen LogP) is 3.65. The molecule has 3 aromatic rings. The Labute approximate surface area is 203 Å². The Morgan fingerprint density at radius 3 is 2.44 bits per heavy atom. The number of methoxy groups -OCH3 is 1. The number of benzene rings is 2. The number of sulfonamides is 1. The van der Waals surface area contributed by atoms with Crippen LogP contribution in [0.15, 0.2) is 46.3 Å². The minimum atomic E-state index is -3.62. The van der Waals surface area contributed by atoms with Gasteiger partial charge in [0.05, 0.1) is 22.2 Å². The van der Waals surface area contributed by atoms with Crippen LogP contribution in [-0.4, -0.2) is 49.9 Å². The normalized spacial score (nSPS) is 12.5. The molecule has 1 aromatic heterocycles. The molecule has 0 saturated carbocycles. The van der Waals surface area contributed by atoms with E-state index in [1.807, 2.05) is 32.9 Å². The second kappa shape index (κ2) is 10.6. The molecule has 34 heavy (non-hydrogen) atoms. The second-order valence-electron chi connectivity index (χ2n) is 8.10. The minimum absolute atomic E-state index is 0.0766. The van der Waals surface area contributed by atoms with Gasteiger partial charge in [-0.2, -0.15) is 4.99 Å². The van der Waals surface area contributed by atoms with E-state index in [0.717, 1.165) is 34.2 Å². The first-order valence-corrected chi connectivity index (χ1v) is 13.2. The molecule has 0 aliphatic rings. The van der Waals surface area contributed by atoms with E-state index >= 15 is 0 Å². The molecule has 1 heterocycles. The number of aromatic nitrogens is 1. The molecule has 0 radical (unpaired) electrons. The molecule has 3 rings (SSSR count). The van der Waals surface area contributed by atoms with Gasteiger partial charge in [0.2, 0.25) is 10.0 Å². The number of carbonyl (C=O) groups excluding carboxylic acids is 2. The number of amides is 1. The molecule has 1 amide bonds. The summed E-state index contributed by atoms with van der Waals surface area (Å²) < 4.78 is 34.2. The SMILES string of the molecule is CCCCN(C)S(=O)(=O)c1ccc(C(=O)N=c2sc3c(C)cc(C)cc3n2CC(=O)OC)cc1. The summed E-state index contributed by atoms with van der Waals surface area (Å²) in [7, 11) is -0.767. The summed E-state index contributed by atoms with van der Waals surface area (Å²) in [5.74, 6) is -0.975. The minimum Gasteiger partial charge on any atom is -0.468 e. The van der Waals surface area contributed by atoms with Crippen molar-refractivity contribution in [3.8, 4) is 0 Å². The largest absolute Gasteiger partial charge is 0.468 e. The van der Waals surface area contributed by atoms with Gasteiger partial charge < -0.3 is 9.30 Å². The molecule has 0 saturated heterocycles. The van der Waals surface area contributed by atoms with Crippen molar-refractivity contribution in [2.45, 2.75) is 45.1 Å². The van der Waals surface area contributed by atoms with Crippen molar-refractivity contribution in [1.29, 1.82) is 0 Å². The fourth-order valence-corrected chi connectivity index (χ4v) is 5.83. The lowest BCUT2D eigenvalue weighted by atomic mass is 10.1. The van der Waals surface area contributed by atoms with Crippen LogP contribution in [-0.2, 0) is 26.1 Å². The maximum Gasteiger partial charge on any atom is 0.325 e. The molecule has 2 aromatic carbocycles. The van der Waals surface area contributed by atoms with Crippen LogP contribution < -0.4 is 4.80 Å². The van der Waals surface area contributed by atoms with E-state index in [1.54, 1.807) is 11.6 Å². The van der Waals surface area contributed by atoms with E-state index in [-0.39, 0.29) is 17.0 Å². The number of thiazole rings is 1. The van der Waals surface area contributed by atoms with Crippen molar-refractivity contribution >= 4 is 43.5 Å². The van der Waals surface area contributed by atoms with E-state index in [9.17, 15) is 18.0 Å². The number of rotatable bonds is 8. The molecule has 10 heteroatoms. The number of unbranched alkanes of at least 4 members (excludes halogenated alkanes) is 1. The van der Waals surface area contributed by atoms with Crippen LogP contribution in [0, 0.1) is 13.8 Å². The molecule has 0 aliphatic carbocycles. The zero-order valence-electron chi connectivity index (χ0n) is 20.0. The summed E-state index contributed by atoms with van der Waals surface area (Å²) in [5, 5.41) is 0. The Morgan fingerprint density at radius 2 is 1.82 bits per heavy atom. The molecule has 182 valence electrons. The van der Waals surface area contributed by atoms with Gasteiger partial charge in [0.1, 0.15) is 6.54 Å². The molecular weight excluding hydrogens is 474 g/mol. The van der Waals surface area contributed by atoms with Crippen molar-refractivity contribution in [2.24, 2.45) is 4.99 Å². The molecule has 0 aliphatic heterocycles. The number of esters is 1. The maximum atomic E-state index is 12.9. The second-order valence-corrected chi connectivity index (χ2v) is 11.1. The zero-order chi connectivity index (χ0) is 25.0. The number of hydrogen-bond acceptors (Lipinski definition) is 6. The maximum absolute atomic E-state index is 12.9. The molecule has 8 nitrogen and oxygen atoms in total. The smallest absolute Gasteiger partial charge is 0.325 e. The van der Waals surface area contributed by atoms with Crippen molar-refractivity contribution in [3.05, 3.63) is 57.9 Å². The fraction of sp³-hybridized carbons (Fsp3) is 0.375. The standard InChI is InChI=1S/C24H29N3O5S2/c1-6-7-12-26(4)34(30,31)19-10-8-18(9-11-19)23(29)25-24-27(15-21(28)32-5)20-14-16(2)13-17(3)22(20)33-24/h8-11,13-14H,6-7,12,15H2,1-5H3. The number of carbonyl (C=O) groups is 2. The lowest BCUT2D eigenvalue weighted by molar-refractivity contribution is -0.141. The van der Waals surface area contributed by atoms with E-state index in [2.05, 4.69) is 4.99 Å². The van der Waals surface area contributed by atoms with Crippen molar-refractivity contribution < 1.29 is 22.7 Å². The highest BCUT2D eigenvalue weighted by Gasteiger charge is 2.21. The van der Waals surface area contributed by atoms with Crippen molar-refractivity contribution in [2.75, 3.05) is 20.7 Å². The first kappa shape index (κ1) is 25.8. The topological polar surface area (TPSA) is 98.0 Å². The van der Waals surface area contributed by atoms with E-state index in [0.29, 0.717) is 11.3 Å². The van der Waals surface area contributed by atoms with E-state index in [4.69, 9.17) is 4.74 Å². The summed E-state index contributed by atoms with van der Waals surface area (Å²) in [4.78, 5) is 29.7. The van der Waals surface area contributed by atoms with Gasteiger partial charge in [0, 0.05) is 19.2 Å². The van der Waals surface area contributed by atoms with Gasteiger partial charge in [-0.05, 0) is 61.7 Å². The molecule has 0 bridgehead atoms. The third kappa shape index (κ3) is 5.45. The Kier molecular flexibility index (Phi) is 8.06. The Morgan fingerprint density at radius 1 is 1.15 bits per heavy atom. The van der Waals surface area contributed by atoms with E-state index in [1.165, 1.54) is 47.0 Å².